The van der Waals surface area contributed by atoms with E-state index < -0.39 is 17.8 Å². The molecule has 0 atom stereocenters. The molecule has 0 radical (unpaired) electrons. The number of hydrogen-bond acceptors (Lipinski definition) is 6. The zero-order valence-electron chi connectivity index (χ0n) is 17.4. The molecule has 0 saturated carbocycles. The Hall–Kier alpha value is -3.36. The van der Waals surface area contributed by atoms with E-state index in [1.807, 2.05) is 6.92 Å². The SMILES string of the molecule is CCOC(=O)c1c(-c2ccccc2Cl)csc1NC(=O)COc1cc(C)ccc1C(N)=O. The molecular weight excluding hydrogens is 452 g/mol. The number of esters is 1. The number of rotatable bonds is 8. The average Bonchev–Trinajstić information content (AvgIpc) is 3.15. The number of benzene rings is 2. The van der Waals surface area contributed by atoms with E-state index in [1.165, 1.54) is 11.3 Å². The van der Waals surface area contributed by atoms with Gasteiger partial charge in [-0.05, 0) is 37.6 Å². The summed E-state index contributed by atoms with van der Waals surface area (Å²) in [5, 5.41) is 5.20. The maximum Gasteiger partial charge on any atom is 0.341 e. The Morgan fingerprint density at radius 3 is 2.56 bits per heavy atom. The highest BCUT2D eigenvalue weighted by Crippen LogP contribution is 2.39. The van der Waals surface area contributed by atoms with Gasteiger partial charge in [-0.25, -0.2) is 4.79 Å². The van der Waals surface area contributed by atoms with Crippen LogP contribution in [0.25, 0.3) is 11.1 Å². The summed E-state index contributed by atoms with van der Waals surface area (Å²) in [6.45, 7) is 3.32. The molecule has 2 amide bonds. The van der Waals surface area contributed by atoms with Crippen molar-refractivity contribution in [2.24, 2.45) is 5.73 Å². The maximum absolute atomic E-state index is 12.7. The van der Waals surface area contributed by atoms with E-state index in [4.69, 9.17) is 26.8 Å². The Labute approximate surface area is 194 Å². The number of nitrogens with two attached hydrogens (primary N) is 1. The summed E-state index contributed by atoms with van der Waals surface area (Å²) < 4.78 is 10.7. The van der Waals surface area contributed by atoms with Crippen LogP contribution in [0.5, 0.6) is 5.75 Å². The Balaban J connectivity index is 1.84. The summed E-state index contributed by atoms with van der Waals surface area (Å²) in [4.78, 5) is 36.8. The van der Waals surface area contributed by atoms with Gasteiger partial charge < -0.3 is 20.5 Å². The largest absolute Gasteiger partial charge is 0.483 e. The molecule has 7 nitrogen and oxygen atoms in total. The summed E-state index contributed by atoms with van der Waals surface area (Å²) in [7, 11) is 0. The van der Waals surface area contributed by atoms with Gasteiger partial charge in [0.2, 0.25) is 0 Å². The van der Waals surface area contributed by atoms with Crippen molar-refractivity contribution in [3.63, 3.8) is 0 Å². The molecule has 1 heterocycles. The zero-order valence-corrected chi connectivity index (χ0v) is 19.0. The molecule has 0 aliphatic rings. The Bertz CT molecular complexity index is 1170. The lowest BCUT2D eigenvalue weighted by Crippen LogP contribution is -2.22. The third kappa shape index (κ3) is 5.27. The maximum atomic E-state index is 12.7. The van der Waals surface area contributed by atoms with Crippen LogP contribution in [0.4, 0.5) is 5.00 Å². The molecule has 0 bridgehead atoms. The number of carbonyl (C=O) groups is 3. The van der Waals surface area contributed by atoms with E-state index in [1.54, 1.807) is 54.8 Å². The van der Waals surface area contributed by atoms with Crippen molar-refractivity contribution >= 4 is 45.7 Å². The van der Waals surface area contributed by atoms with Crippen LogP contribution in [0.2, 0.25) is 5.02 Å². The van der Waals surface area contributed by atoms with E-state index >= 15 is 0 Å². The first-order chi connectivity index (χ1) is 15.3. The van der Waals surface area contributed by atoms with Gasteiger partial charge in [-0.15, -0.1) is 11.3 Å². The summed E-state index contributed by atoms with van der Waals surface area (Å²) >= 11 is 7.48. The van der Waals surface area contributed by atoms with Gasteiger partial charge in [0.05, 0.1) is 12.2 Å². The van der Waals surface area contributed by atoms with Crippen LogP contribution in [0, 0.1) is 6.92 Å². The van der Waals surface area contributed by atoms with Crippen LogP contribution < -0.4 is 15.8 Å². The van der Waals surface area contributed by atoms with E-state index in [9.17, 15) is 14.4 Å². The molecule has 0 fully saturated rings. The number of halogens is 1. The van der Waals surface area contributed by atoms with Crippen molar-refractivity contribution in [3.8, 4) is 16.9 Å². The van der Waals surface area contributed by atoms with Gasteiger partial charge in [-0.3, -0.25) is 9.59 Å². The molecule has 0 saturated heterocycles. The van der Waals surface area contributed by atoms with E-state index in [0.717, 1.165) is 5.56 Å². The van der Waals surface area contributed by atoms with Crippen molar-refractivity contribution in [1.29, 1.82) is 0 Å². The van der Waals surface area contributed by atoms with Gasteiger partial charge in [0, 0.05) is 21.5 Å². The van der Waals surface area contributed by atoms with E-state index in [2.05, 4.69) is 5.32 Å². The summed E-state index contributed by atoms with van der Waals surface area (Å²) in [5.41, 5.74) is 7.81. The molecule has 9 heteroatoms. The smallest absolute Gasteiger partial charge is 0.341 e. The van der Waals surface area contributed by atoms with Crippen molar-refractivity contribution in [1.82, 2.24) is 0 Å². The van der Waals surface area contributed by atoms with Gasteiger partial charge in [-0.2, -0.15) is 0 Å². The van der Waals surface area contributed by atoms with E-state index in [0.29, 0.717) is 21.2 Å². The second-order valence-corrected chi connectivity index (χ2v) is 8.04. The Kier molecular flexibility index (Phi) is 7.50. The molecule has 2 aromatic carbocycles. The van der Waals surface area contributed by atoms with Crippen molar-refractivity contribution < 1.29 is 23.9 Å². The Morgan fingerprint density at radius 2 is 1.88 bits per heavy atom. The zero-order chi connectivity index (χ0) is 23.3. The van der Waals surface area contributed by atoms with Crippen LogP contribution in [-0.2, 0) is 9.53 Å². The number of thiophene rings is 1. The van der Waals surface area contributed by atoms with Gasteiger partial charge in [0.15, 0.2) is 6.61 Å². The van der Waals surface area contributed by atoms with Gasteiger partial charge in [-0.1, -0.05) is 35.9 Å². The topological polar surface area (TPSA) is 108 Å². The normalized spacial score (nSPS) is 10.5. The Morgan fingerprint density at radius 1 is 1.12 bits per heavy atom. The molecule has 0 aliphatic carbocycles. The lowest BCUT2D eigenvalue weighted by Gasteiger charge is -2.12. The minimum atomic E-state index is -0.660. The third-order valence-corrected chi connectivity index (χ3v) is 5.67. The summed E-state index contributed by atoms with van der Waals surface area (Å²) in [5.74, 6) is -1.54. The minimum absolute atomic E-state index is 0.174. The van der Waals surface area contributed by atoms with Crippen LogP contribution in [0.15, 0.2) is 47.8 Å². The average molecular weight is 473 g/mol. The predicted molar refractivity (Wildman–Crippen MR) is 125 cm³/mol. The molecule has 3 N–H and O–H groups in total. The number of amides is 2. The summed E-state index contributed by atoms with van der Waals surface area (Å²) in [6, 6.07) is 12.0. The second-order valence-electron chi connectivity index (χ2n) is 6.75. The molecule has 0 aliphatic heterocycles. The lowest BCUT2D eigenvalue weighted by molar-refractivity contribution is -0.118. The monoisotopic (exact) mass is 472 g/mol. The fourth-order valence-corrected chi connectivity index (χ4v) is 4.19. The molecule has 166 valence electrons. The quantitative estimate of drug-likeness (QED) is 0.463. The molecule has 1 aromatic heterocycles. The highest BCUT2D eigenvalue weighted by molar-refractivity contribution is 7.15. The van der Waals surface area contributed by atoms with Crippen molar-refractivity contribution in [2.45, 2.75) is 13.8 Å². The van der Waals surface area contributed by atoms with Gasteiger partial charge in [0.1, 0.15) is 16.3 Å². The van der Waals surface area contributed by atoms with Gasteiger partial charge >= 0.3 is 5.97 Å². The molecule has 0 spiro atoms. The van der Waals surface area contributed by atoms with E-state index in [-0.39, 0.29) is 30.1 Å². The number of carbonyl (C=O) groups excluding carboxylic acids is 3. The predicted octanol–water partition coefficient (Wildman–Crippen LogP) is 4.67. The van der Waals surface area contributed by atoms with Crippen LogP contribution >= 0.6 is 22.9 Å². The number of ether oxygens (including phenoxy) is 2. The number of anilines is 1. The highest BCUT2D eigenvalue weighted by atomic mass is 35.5. The number of aryl methyl sites for hydroxylation is 1. The van der Waals surface area contributed by atoms with Crippen molar-refractivity contribution in [3.05, 3.63) is 69.6 Å². The molecule has 32 heavy (non-hydrogen) atoms. The fourth-order valence-electron chi connectivity index (χ4n) is 2.99. The van der Waals surface area contributed by atoms with Crippen LogP contribution in [-0.4, -0.2) is 31.0 Å². The molecule has 3 rings (SSSR count). The second kappa shape index (κ2) is 10.3. The lowest BCUT2D eigenvalue weighted by atomic mass is 10.0. The minimum Gasteiger partial charge on any atom is -0.483 e. The highest BCUT2D eigenvalue weighted by Gasteiger charge is 2.24. The number of primary amides is 1. The number of nitrogens with one attached hydrogen (secondary N) is 1. The number of hydrogen-bond donors (Lipinski definition) is 2. The first-order valence-electron chi connectivity index (χ1n) is 9.68. The van der Waals surface area contributed by atoms with Crippen LogP contribution in [0.1, 0.15) is 33.2 Å². The van der Waals surface area contributed by atoms with Crippen LogP contribution in [0.3, 0.4) is 0 Å². The third-order valence-electron chi connectivity index (χ3n) is 4.45. The first-order valence-corrected chi connectivity index (χ1v) is 10.9. The fraction of sp³-hybridized carbons (Fsp3) is 0.174. The molecule has 0 unspecified atom stereocenters. The first kappa shape index (κ1) is 23.3. The summed E-state index contributed by atoms with van der Waals surface area (Å²) in [6.07, 6.45) is 0. The van der Waals surface area contributed by atoms with Gasteiger partial charge in [0.25, 0.3) is 11.8 Å². The van der Waals surface area contributed by atoms with Crippen molar-refractivity contribution in [2.75, 3.05) is 18.5 Å². The standard InChI is InChI=1S/C23H21ClN2O5S/c1-3-30-23(29)20-16(14-6-4-5-7-17(14)24)12-32-22(20)26-19(27)11-31-18-10-13(2)8-9-15(18)21(25)28/h4-10,12H,3,11H2,1-2H3,(H2,25,28)(H,26,27). The molecule has 3 aromatic rings. The molecular formula is C23H21ClN2O5S.